The van der Waals surface area contributed by atoms with Crippen molar-refractivity contribution in [3.63, 3.8) is 0 Å². The molecule has 2 N–H and O–H groups in total. The fourth-order valence-corrected chi connectivity index (χ4v) is 2.37. The smallest absolute Gasteiger partial charge is 0.0593 e. The van der Waals surface area contributed by atoms with Crippen LogP contribution in [-0.4, -0.2) is 31.2 Å². The van der Waals surface area contributed by atoms with Crippen molar-refractivity contribution in [2.24, 2.45) is 0 Å². The third kappa shape index (κ3) is 3.71. The number of ether oxygens (including phenoxy) is 1. The second-order valence-corrected chi connectivity index (χ2v) is 4.96. The van der Waals surface area contributed by atoms with E-state index in [9.17, 15) is 0 Å². The van der Waals surface area contributed by atoms with Crippen molar-refractivity contribution in [2.75, 3.05) is 32.0 Å². The van der Waals surface area contributed by atoms with Crippen molar-refractivity contribution < 1.29 is 4.74 Å². The zero-order valence-corrected chi connectivity index (χ0v) is 12.4. The van der Waals surface area contributed by atoms with E-state index in [1.54, 1.807) is 0 Å². The Morgan fingerprint density at radius 3 is 2.45 bits per heavy atom. The van der Waals surface area contributed by atoms with E-state index in [0.29, 0.717) is 0 Å². The average molecular weight is 272 g/mol. The summed E-state index contributed by atoms with van der Waals surface area (Å²) in [5.41, 5.74) is 8.26. The molecular formula is C17H24N2O. The minimum Gasteiger partial charge on any atom is -0.398 e. The van der Waals surface area contributed by atoms with E-state index in [1.165, 1.54) is 16.3 Å². The van der Waals surface area contributed by atoms with Gasteiger partial charge in [-0.25, -0.2) is 0 Å². The summed E-state index contributed by atoms with van der Waals surface area (Å²) in [6, 6.07) is 12.6. The first-order valence-corrected chi connectivity index (χ1v) is 7.31. The quantitative estimate of drug-likeness (QED) is 0.621. The predicted octanol–water partition coefficient (Wildman–Crippen LogP) is 3.28. The van der Waals surface area contributed by atoms with Crippen molar-refractivity contribution >= 4 is 16.5 Å². The maximum absolute atomic E-state index is 6.19. The van der Waals surface area contributed by atoms with Crippen molar-refractivity contribution in [3.8, 4) is 0 Å². The summed E-state index contributed by atoms with van der Waals surface area (Å²) >= 11 is 0. The summed E-state index contributed by atoms with van der Waals surface area (Å²) in [5.74, 6) is 0. The van der Waals surface area contributed by atoms with Gasteiger partial charge in [-0.15, -0.1) is 0 Å². The Hall–Kier alpha value is -1.58. The van der Waals surface area contributed by atoms with Crippen LogP contribution in [0.25, 0.3) is 10.8 Å². The number of hydrogen-bond donors (Lipinski definition) is 1. The maximum atomic E-state index is 6.19. The molecule has 0 amide bonds. The molecule has 0 spiro atoms. The molecule has 2 aromatic rings. The maximum Gasteiger partial charge on any atom is 0.0593 e. The van der Waals surface area contributed by atoms with E-state index < -0.39 is 0 Å². The molecule has 2 rings (SSSR count). The minimum atomic E-state index is 0.773. The summed E-state index contributed by atoms with van der Waals surface area (Å²) in [6.07, 6.45) is 0. The molecular weight excluding hydrogens is 248 g/mol. The molecule has 0 aliphatic heterocycles. The van der Waals surface area contributed by atoms with Gasteiger partial charge < -0.3 is 10.5 Å². The molecule has 0 bridgehead atoms. The number of fused-ring (bicyclic) bond motifs is 1. The van der Waals surface area contributed by atoms with E-state index in [4.69, 9.17) is 10.5 Å². The molecule has 3 heteroatoms. The highest BCUT2D eigenvalue weighted by molar-refractivity contribution is 5.86. The van der Waals surface area contributed by atoms with Crippen LogP contribution in [0, 0.1) is 0 Å². The Balaban J connectivity index is 2.12. The van der Waals surface area contributed by atoms with Gasteiger partial charge in [-0.05, 0) is 41.9 Å². The zero-order chi connectivity index (χ0) is 14.4. The molecule has 0 fully saturated rings. The minimum absolute atomic E-state index is 0.773. The highest BCUT2D eigenvalue weighted by Gasteiger charge is 2.07. The fraction of sp³-hybridized carbons (Fsp3) is 0.412. The van der Waals surface area contributed by atoms with Crippen LogP contribution >= 0.6 is 0 Å². The van der Waals surface area contributed by atoms with Gasteiger partial charge in [0.1, 0.15) is 0 Å². The Labute approximate surface area is 121 Å². The van der Waals surface area contributed by atoms with Gasteiger partial charge >= 0.3 is 0 Å². The first kappa shape index (κ1) is 14.8. The number of likely N-dealkylation sites (N-methyl/N-ethyl adjacent to an activating group) is 1. The van der Waals surface area contributed by atoms with Gasteiger partial charge in [0, 0.05) is 25.4 Å². The summed E-state index contributed by atoms with van der Waals surface area (Å²) in [6.45, 7) is 8.56. The summed E-state index contributed by atoms with van der Waals surface area (Å²) in [7, 11) is 0. The second kappa shape index (κ2) is 7.27. The first-order chi connectivity index (χ1) is 9.74. The van der Waals surface area contributed by atoms with E-state index >= 15 is 0 Å². The van der Waals surface area contributed by atoms with Crippen molar-refractivity contribution in [3.05, 3.63) is 42.0 Å². The second-order valence-electron chi connectivity index (χ2n) is 4.96. The van der Waals surface area contributed by atoms with Crippen LogP contribution in [-0.2, 0) is 11.3 Å². The molecule has 0 aliphatic carbocycles. The van der Waals surface area contributed by atoms with Crippen LogP contribution in [0.4, 0.5) is 5.69 Å². The summed E-state index contributed by atoms with van der Waals surface area (Å²) in [4.78, 5) is 2.36. The first-order valence-electron chi connectivity index (χ1n) is 7.31. The van der Waals surface area contributed by atoms with Crippen molar-refractivity contribution in [1.29, 1.82) is 0 Å². The predicted molar refractivity (Wildman–Crippen MR) is 85.8 cm³/mol. The number of nitrogen functional groups attached to an aromatic ring is 1. The van der Waals surface area contributed by atoms with Gasteiger partial charge in [-0.2, -0.15) is 0 Å². The van der Waals surface area contributed by atoms with Crippen LogP contribution < -0.4 is 5.73 Å². The number of nitrogens with zero attached hydrogens (tertiary/aromatic N) is 1. The largest absolute Gasteiger partial charge is 0.398 e. The third-order valence-electron chi connectivity index (χ3n) is 3.60. The van der Waals surface area contributed by atoms with E-state index in [0.717, 1.165) is 38.5 Å². The van der Waals surface area contributed by atoms with Gasteiger partial charge in [0.2, 0.25) is 0 Å². The van der Waals surface area contributed by atoms with Crippen LogP contribution in [0.3, 0.4) is 0 Å². The highest BCUT2D eigenvalue weighted by Crippen LogP contribution is 2.23. The number of nitrogens with two attached hydrogens (primary N) is 1. The fourth-order valence-electron chi connectivity index (χ4n) is 2.37. The molecule has 3 nitrogen and oxygen atoms in total. The molecule has 0 atom stereocenters. The van der Waals surface area contributed by atoms with Crippen molar-refractivity contribution in [1.82, 2.24) is 4.90 Å². The van der Waals surface area contributed by atoms with E-state index in [-0.39, 0.29) is 0 Å². The van der Waals surface area contributed by atoms with Gasteiger partial charge in [0.05, 0.1) is 6.61 Å². The molecule has 2 aromatic carbocycles. The standard InChI is InChI=1S/C17H24N2O/c1-3-19(9-10-20-4-2)13-16-11-14-7-5-6-8-15(14)12-17(16)18/h5-8,11-12H,3-4,9-10,13,18H2,1-2H3. The monoisotopic (exact) mass is 272 g/mol. The summed E-state index contributed by atoms with van der Waals surface area (Å²) in [5, 5.41) is 2.45. The summed E-state index contributed by atoms with van der Waals surface area (Å²) < 4.78 is 5.43. The van der Waals surface area contributed by atoms with Crippen LogP contribution in [0.5, 0.6) is 0 Å². The van der Waals surface area contributed by atoms with E-state index in [2.05, 4.69) is 42.2 Å². The Morgan fingerprint density at radius 2 is 1.80 bits per heavy atom. The number of anilines is 1. The molecule has 0 saturated carbocycles. The molecule has 0 radical (unpaired) electrons. The topological polar surface area (TPSA) is 38.5 Å². The lowest BCUT2D eigenvalue weighted by Crippen LogP contribution is -2.27. The highest BCUT2D eigenvalue weighted by atomic mass is 16.5. The molecule has 20 heavy (non-hydrogen) atoms. The molecule has 0 saturated heterocycles. The number of rotatable bonds is 7. The Kier molecular flexibility index (Phi) is 5.39. The zero-order valence-electron chi connectivity index (χ0n) is 12.4. The molecule has 0 aliphatic rings. The van der Waals surface area contributed by atoms with Crippen LogP contribution in [0.1, 0.15) is 19.4 Å². The Bertz CT molecular complexity index is 554. The lowest BCUT2D eigenvalue weighted by molar-refractivity contribution is 0.113. The van der Waals surface area contributed by atoms with Crippen LogP contribution in [0.15, 0.2) is 36.4 Å². The molecule has 108 valence electrons. The Morgan fingerprint density at radius 1 is 1.10 bits per heavy atom. The van der Waals surface area contributed by atoms with Gasteiger partial charge in [0.25, 0.3) is 0 Å². The average Bonchev–Trinajstić information content (AvgIpc) is 2.47. The molecule has 0 heterocycles. The normalized spacial score (nSPS) is 11.3. The number of hydrogen-bond acceptors (Lipinski definition) is 3. The van der Waals surface area contributed by atoms with Crippen LogP contribution in [0.2, 0.25) is 0 Å². The molecule has 0 aromatic heterocycles. The lowest BCUT2D eigenvalue weighted by atomic mass is 10.0. The molecule has 0 unspecified atom stereocenters. The van der Waals surface area contributed by atoms with Gasteiger partial charge in [-0.3, -0.25) is 4.90 Å². The van der Waals surface area contributed by atoms with Crippen molar-refractivity contribution in [2.45, 2.75) is 20.4 Å². The van der Waals surface area contributed by atoms with Gasteiger partial charge in [-0.1, -0.05) is 31.2 Å². The van der Waals surface area contributed by atoms with Gasteiger partial charge in [0.15, 0.2) is 0 Å². The SMILES string of the molecule is CCOCCN(CC)Cc1cc2ccccc2cc1N. The number of benzene rings is 2. The van der Waals surface area contributed by atoms with E-state index in [1.807, 2.05) is 13.0 Å². The third-order valence-corrected chi connectivity index (χ3v) is 3.60. The lowest BCUT2D eigenvalue weighted by Gasteiger charge is -2.21.